The Morgan fingerprint density at radius 2 is 2.16 bits per heavy atom. The Morgan fingerprint density at radius 3 is 2.74 bits per heavy atom. The van der Waals surface area contributed by atoms with Gasteiger partial charge in [-0.2, -0.15) is 0 Å². The first-order chi connectivity index (χ1) is 9.11. The number of rotatable bonds is 4. The minimum atomic E-state index is -0.155. The number of hydrogen-bond donors (Lipinski definition) is 3. The number of furan rings is 1. The fourth-order valence-electron chi connectivity index (χ4n) is 1.82. The summed E-state index contributed by atoms with van der Waals surface area (Å²) in [6.45, 7) is 1.98. The van der Waals surface area contributed by atoms with Gasteiger partial charge in [0, 0.05) is 12.6 Å². The lowest BCUT2D eigenvalue weighted by molar-refractivity contribution is 0.0963. The standard InChI is InChI=1S/C14H17N3O2/c1-9(13-4-3-7-19-13)17-12-6-5-10(8-11(12)15)14(18)16-2/h3-9,17H,15H2,1-2H3,(H,16,18). The average Bonchev–Trinajstić information content (AvgIpc) is 2.94. The normalized spacial score (nSPS) is 11.9. The lowest BCUT2D eigenvalue weighted by Crippen LogP contribution is -2.18. The molecule has 0 saturated heterocycles. The number of hydrogen-bond acceptors (Lipinski definition) is 4. The lowest BCUT2D eigenvalue weighted by Gasteiger charge is -2.15. The Morgan fingerprint density at radius 1 is 1.37 bits per heavy atom. The number of anilines is 2. The van der Waals surface area contributed by atoms with E-state index in [4.69, 9.17) is 10.2 Å². The molecule has 5 nitrogen and oxygen atoms in total. The first kappa shape index (κ1) is 13.0. The first-order valence-corrected chi connectivity index (χ1v) is 6.03. The van der Waals surface area contributed by atoms with Gasteiger partial charge in [0.05, 0.1) is 23.7 Å². The van der Waals surface area contributed by atoms with Crippen LogP contribution in [0, 0.1) is 0 Å². The molecule has 1 aromatic carbocycles. The molecule has 0 aliphatic rings. The predicted molar refractivity (Wildman–Crippen MR) is 75.0 cm³/mol. The topological polar surface area (TPSA) is 80.3 Å². The summed E-state index contributed by atoms with van der Waals surface area (Å²) in [6.07, 6.45) is 1.63. The fraction of sp³-hybridized carbons (Fsp3) is 0.214. The van der Waals surface area contributed by atoms with Crippen LogP contribution >= 0.6 is 0 Å². The van der Waals surface area contributed by atoms with Gasteiger partial charge in [-0.1, -0.05) is 0 Å². The molecule has 2 aromatic rings. The highest BCUT2D eigenvalue weighted by Crippen LogP contribution is 2.25. The number of nitrogen functional groups attached to an aromatic ring is 1. The molecule has 1 amide bonds. The van der Waals surface area contributed by atoms with Crippen LogP contribution in [0.3, 0.4) is 0 Å². The second-order valence-corrected chi connectivity index (χ2v) is 4.26. The summed E-state index contributed by atoms with van der Waals surface area (Å²) < 4.78 is 5.32. The fourth-order valence-corrected chi connectivity index (χ4v) is 1.82. The van der Waals surface area contributed by atoms with Crippen LogP contribution in [-0.2, 0) is 0 Å². The minimum Gasteiger partial charge on any atom is -0.467 e. The molecule has 0 aliphatic carbocycles. The highest BCUT2D eigenvalue weighted by atomic mass is 16.3. The molecule has 1 atom stereocenters. The van der Waals surface area contributed by atoms with Gasteiger partial charge in [0.2, 0.25) is 0 Å². The smallest absolute Gasteiger partial charge is 0.251 e. The van der Waals surface area contributed by atoms with Gasteiger partial charge in [-0.3, -0.25) is 4.79 Å². The number of nitrogens with two attached hydrogens (primary N) is 1. The van der Waals surface area contributed by atoms with Crippen molar-refractivity contribution in [3.8, 4) is 0 Å². The Kier molecular flexibility index (Phi) is 3.75. The van der Waals surface area contributed by atoms with Crippen LogP contribution in [0.1, 0.15) is 29.1 Å². The van der Waals surface area contributed by atoms with Gasteiger partial charge in [-0.05, 0) is 37.3 Å². The molecule has 1 unspecified atom stereocenters. The van der Waals surface area contributed by atoms with Gasteiger partial charge < -0.3 is 20.8 Å². The summed E-state index contributed by atoms with van der Waals surface area (Å²) in [6, 6.07) is 8.91. The second-order valence-electron chi connectivity index (χ2n) is 4.26. The van der Waals surface area contributed by atoms with Crippen LogP contribution in [0.5, 0.6) is 0 Å². The highest BCUT2D eigenvalue weighted by molar-refractivity contribution is 5.95. The molecule has 1 heterocycles. The SMILES string of the molecule is CNC(=O)c1ccc(NC(C)c2ccco2)c(N)c1. The van der Waals surface area contributed by atoms with E-state index in [9.17, 15) is 4.79 Å². The van der Waals surface area contributed by atoms with Gasteiger partial charge in [-0.15, -0.1) is 0 Å². The number of amides is 1. The quantitative estimate of drug-likeness (QED) is 0.736. The van der Waals surface area contributed by atoms with Crippen molar-refractivity contribution in [2.45, 2.75) is 13.0 Å². The van der Waals surface area contributed by atoms with E-state index >= 15 is 0 Å². The highest BCUT2D eigenvalue weighted by Gasteiger charge is 2.11. The van der Waals surface area contributed by atoms with Gasteiger partial charge in [0.15, 0.2) is 0 Å². The Labute approximate surface area is 111 Å². The molecule has 19 heavy (non-hydrogen) atoms. The van der Waals surface area contributed by atoms with E-state index in [2.05, 4.69) is 10.6 Å². The van der Waals surface area contributed by atoms with Crippen molar-refractivity contribution in [1.29, 1.82) is 0 Å². The molecule has 2 rings (SSSR count). The minimum absolute atomic E-state index is 0.00292. The zero-order valence-corrected chi connectivity index (χ0v) is 10.9. The molecule has 0 radical (unpaired) electrons. The molecule has 5 heteroatoms. The van der Waals surface area contributed by atoms with Crippen LogP contribution in [-0.4, -0.2) is 13.0 Å². The van der Waals surface area contributed by atoms with Crippen molar-refractivity contribution in [2.24, 2.45) is 0 Å². The third-order valence-corrected chi connectivity index (χ3v) is 2.88. The van der Waals surface area contributed by atoms with E-state index in [-0.39, 0.29) is 11.9 Å². The average molecular weight is 259 g/mol. The van der Waals surface area contributed by atoms with Crippen molar-refractivity contribution >= 4 is 17.3 Å². The van der Waals surface area contributed by atoms with Gasteiger partial charge in [0.1, 0.15) is 5.76 Å². The predicted octanol–water partition coefficient (Wildman–Crippen LogP) is 2.39. The molecule has 0 aliphatic heterocycles. The Balaban J connectivity index is 2.15. The van der Waals surface area contributed by atoms with E-state index in [0.717, 1.165) is 11.4 Å². The van der Waals surface area contributed by atoms with Crippen LogP contribution in [0.15, 0.2) is 41.0 Å². The van der Waals surface area contributed by atoms with Crippen molar-refractivity contribution in [2.75, 3.05) is 18.1 Å². The van der Waals surface area contributed by atoms with Gasteiger partial charge >= 0.3 is 0 Å². The third-order valence-electron chi connectivity index (χ3n) is 2.88. The van der Waals surface area contributed by atoms with E-state index in [1.54, 1.807) is 31.5 Å². The van der Waals surface area contributed by atoms with E-state index in [0.29, 0.717) is 11.3 Å². The third kappa shape index (κ3) is 2.88. The molecule has 0 spiro atoms. The first-order valence-electron chi connectivity index (χ1n) is 6.03. The zero-order valence-electron chi connectivity index (χ0n) is 10.9. The zero-order chi connectivity index (χ0) is 13.8. The van der Waals surface area contributed by atoms with Crippen molar-refractivity contribution < 1.29 is 9.21 Å². The van der Waals surface area contributed by atoms with Gasteiger partial charge in [-0.25, -0.2) is 0 Å². The van der Waals surface area contributed by atoms with Crippen LogP contribution in [0.2, 0.25) is 0 Å². The molecular weight excluding hydrogens is 242 g/mol. The summed E-state index contributed by atoms with van der Waals surface area (Å²) in [4.78, 5) is 11.5. The van der Waals surface area contributed by atoms with Crippen LogP contribution in [0.25, 0.3) is 0 Å². The molecule has 100 valence electrons. The van der Waals surface area contributed by atoms with Crippen molar-refractivity contribution in [3.63, 3.8) is 0 Å². The maximum absolute atomic E-state index is 11.5. The largest absolute Gasteiger partial charge is 0.467 e. The summed E-state index contributed by atoms with van der Waals surface area (Å²) in [5.41, 5.74) is 7.78. The summed E-state index contributed by atoms with van der Waals surface area (Å²) in [5, 5.41) is 5.81. The van der Waals surface area contributed by atoms with Gasteiger partial charge in [0.25, 0.3) is 5.91 Å². The molecule has 0 fully saturated rings. The summed E-state index contributed by atoms with van der Waals surface area (Å²) >= 11 is 0. The maximum atomic E-state index is 11.5. The number of nitrogens with one attached hydrogen (secondary N) is 2. The van der Waals surface area contributed by atoms with E-state index in [1.165, 1.54) is 0 Å². The number of carbonyl (C=O) groups is 1. The molecule has 0 bridgehead atoms. The Bertz CT molecular complexity index is 564. The van der Waals surface area contributed by atoms with Crippen molar-refractivity contribution in [3.05, 3.63) is 47.9 Å². The maximum Gasteiger partial charge on any atom is 0.251 e. The number of carbonyl (C=O) groups excluding carboxylic acids is 1. The van der Waals surface area contributed by atoms with E-state index in [1.807, 2.05) is 19.1 Å². The van der Waals surface area contributed by atoms with Crippen LogP contribution in [0.4, 0.5) is 11.4 Å². The molecule has 4 N–H and O–H groups in total. The number of benzene rings is 1. The Hall–Kier alpha value is -2.43. The second kappa shape index (κ2) is 5.48. The molecule has 0 saturated carbocycles. The summed E-state index contributed by atoms with van der Waals surface area (Å²) in [5.74, 6) is 0.673. The monoisotopic (exact) mass is 259 g/mol. The molecular formula is C14H17N3O2. The lowest BCUT2D eigenvalue weighted by atomic mass is 10.1. The van der Waals surface area contributed by atoms with Crippen molar-refractivity contribution in [1.82, 2.24) is 5.32 Å². The van der Waals surface area contributed by atoms with Crippen LogP contribution < -0.4 is 16.4 Å². The summed E-state index contributed by atoms with van der Waals surface area (Å²) in [7, 11) is 1.59. The molecule has 1 aromatic heterocycles. The van der Waals surface area contributed by atoms with E-state index < -0.39 is 0 Å².